The summed E-state index contributed by atoms with van der Waals surface area (Å²) < 4.78 is 10.6. The van der Waals surface area contributed by atoms with E-state index < -0.39 is 43.2 Å². The summed E-state index contributed by atoms with van der Waals surface area (Å²) in [6.07, 6.45) is -3.79. The van der Waals surface area contributed by atoms with E-state index in [4.69, 9.17) is 14.6 Å². The van der Waals surface area contributed by atoms with Crippen LogP contribution in [0.1, 0.15) is 25.3 Å². The van der Waals surface area contributed by atoms with Crippen LogP contribution in [0.25, 0.3) is 0 Å². The van der Waals surface area contributed by atoms with E-state index in [1.54, 1.807) is 6.92 Å². The van der Waals surface area contributed by atoms with Gasteiger partial charge >= 0.3 is 17.1 Å². The van der Waals surface area contributed by atoms with Crippen LogP contribution in [0.2, 0.25) is 0 Å². The van der Waals surface area contributed by atoms with Gasteiger partial charge in [-0.15, -0.1) is 0 Å². The van der Waals surface area contributed by atoms with Crippen LogP contribution >= 0.6 is 0 Å². The zero-order valence-electron chi connectivity index (χ0n) is 18.8. The molecule has 2 aromatic carbocycles. The van der Waals surface area contributed by atoms with Crippen LogP contribution in [0.3, 0.4) is 0 Å². The fourth-order valence-electron chi connectivity index (χ4n) is 3.26. The van der Waals surface area contributed by atoms with E-state index >= 15 is 0 Å². The number of unbranched alkanes of at least 4 members (excludes halogenated alkanes) is 1. The molecule has 1 saturated heterocycles. The summed E-state index contributed by atoms with van der Waals surface area (Å²) in [6.45, 7) is 1.71. The van der Waals surface area contributed by atoms with Crippen LogP contribution in [0.4, 0.5) is 0 Å². The zero-order valence-corrected chi connectivity index (χ0v) is 19.9. The molecule has 0 unspecified atom stereocenters. The topological polar surface area (TPSA) is 128 Å². The molecule has 8 nitrogen and oxygen atoms in total. The Bertz CT molecular complexity index is 706. The number of aliphatic hydroxyl groups excluding tert-OH is 4. The molecule has 0 saturated carbocycles. The summed E-state index contributed by atoms with van der Waals surface area (Å²) >= 11 is 0. The van der Waals surface area contributed by atoms with Gasteiger partial charge in [0, 0.05) is 6.54 Å². The van der Waals surface area contributed by atoms with Crippen LogP contribution in [0, 0.1) is 5.92 Å². The summed E-state index contributed by atoms with van der Waals surface area (Å²) in [4.78, 5) is 12.1. The van der Waals surface area contributed by atoms with E-state index in [0.29, 0.717) is 6.54 Å². The van der Waals surface area contributed by atoms with Gasteiger partial charge in [-0.25, -0.2) is 24.3 Å². The molecule has 1 fully saturated rings. The fraction of sp³-hybridized carbons (Fsp3) is 0.542. The van der Waals surface area contributed by atoms with Gasteiger partial charge in [0.2, 0.25) is 5.91 Å². The number of nitrogens with one attached hydrogen (secondary N) is 1. The van der Waals surface area contributed by atoms with Gasteiger partial charge in [0.15, 0.2) is 6.29 Å². The van der Waals surface area contributed by atoms with Gasteiger partial charge in [0.05, 0.1) is 19.1 Å². The van der Waals surface area contributed by atoms with Crippen molar-refractivity contribution in [3.63, 3.8) is 0 Å². The third-order valence-corrected chi connectivity index (χ3v) is 5.29. The normalized spacial score (nSPS) is 25.3. The molecule has 1 aliphatic rings. The van der Waals surface area contributed by atoms with Crippen molar-refractivity contribution in [2.24, 2.45) is 5.92 Å². The summed E-state index contributed by atoms with van der Waals surface area (Å²) in [5.74, 6) is -0.652. The molecule has 5 N–H and O–H groups in total. The predicted octanol–water partition coefficient (Wildman–Crippen LogP) is 0.700. The van der Waals surface area contributed by atoms with E-state index in [2.05, 4.69) is 17.4 Å². The SMILES string of the molecule is C[C@H](CO[C@H]1O[C@H](CO)[C@@H](O)[C@H](O)[C@@H]1O)C(=O)NCCCCc1ccc[cH-]1.[Fe+2].c1cc[cH-]c1. The maximum Gasteiger partial charge on any atom is 2.00 e. The Hall–Kier alpha value is -1.55. The molecule has 0 bridgehead atoms. The molecular weight excluding hydrogens is 470 g/mol. The van der Waals surface area contributed by atoms with Crippen molar-refractivity contribution >= 4 is 5.91 Å². The minimum atomic E-state index is -1.49. The first-order valence-electron chi connectivity index (χ1n) is 11.0. The molecule has 1 amide bonds. The quantitative estimate of drug-likeness (QED) is 0.183. The Kier molecular flexibility index (Phi) is 14.4. The molecule has 6 atom stereocenters. The monoisotopic (exact) mass is 505 g/mol. The van der Waals surface area contributed by atoms with Crippen LogP contribution in [-0.4, -0.2) is 76.8 Å². The molecule has 33 heavy (non-hydrogen) atoms. The Morgan fingerprint density at radius 3 is 2.42 bits per heavy atom. The number of rotatable bonds is 10. The van der Waals surface area contributed by atoms with E-state index in [-0.39, 0.29) is 29.6 Å². The molecule has 9 heteroatoms. The van der Waals surface area contributed by atoms with E-state index in [1.165, 1.54) is 5.56 Å². The summed E-state index contributed by atoms with van der Waals surface area (Å²) in [5, 5.41) is 41.4. The van der Waals surface area contributed by atoms with Crippen LogP contribution in [-0.2, 0) is 37.8 Å². The average Bonchev–Trinajstić information content (AvgIpc) is 3.53. The third-order valence-electron chi connectivity index (χ3n) is 5.29. The van der Waals surface area contributed by atoms with Crippen molar-refractivity contribution in [2.45, 2.75) is 56.9 Å². The molecule has 0 aliphatic carbocycles. The molecule has 0 radical (unpaired) electrons. The number of hydrogen-bond acceptors (Lipinski definition) is 7. The number of hydrogen-bond donors (Lipinski definition) is 5. The molecule has 186 valence electrons. The number of aliphatic hydroxyl groups is 4. The molecule has 1 heterocycles. The van der Waals surface area contributed by atoms with Crippen LogP contribution < -0.4 is 5.32 Å². The molecule has 0 aromatic heterocycles. The van der Waals surface area contributed by atoms with Crippen molar-refractivity contribution < 1.29 is 51.8 Å². The molecule has 3 rings (SSSR count). The number of carbonyl (C=O) groups excluding carboxylic acids is 1. The summed E-state index contributed by atoms with van der Waals surface area (Å²) in [7, 11) is 0. The summed E-state index contributed by atoms with van der Waals surface area (Å²) in [6, 6.07) is 18.2. The molecular formula is C24H35FeNO7. The number of ether oxygens (including phenoxy) is 2. The van der Waals surface area contributed by atoms with Crippen molar-refractivity contribution in [2.75, 3.05) is 19.8 Å². The fourth-order valence-corrected chi connectivity index (χ4v) is 3.26. The Morgan fingerprint density at radius 1 is 1.12 bits per heavy atom. The van der Waals surface area contributed by atoms with Crippen molar-refractivity contribution in [3.05, 3.63) is 60.2 Å². The molecule has 0 spiro atoms. The van der Waals surface area contributed by atoms with Gasteiger partial charge < -0.3 is 35.2 Å². The Morgan fingerprint density at radius 2 is 1.85 bits per heavy atom. The van der Waals surface area contributed by atoms with Crippen molar-refractivity contribution in [1.29, 1.82) is 0 Å². The maximum absolute atomic E-state index is 12.1. The second-order valence-electron chi connectivity index (χ2n) is 7.94. The van der Waals surface area contributed by atoms with Crippen molar-refractivity contribution in [3.8, 4) is 0 Å². The first-order chi connectivity index (χ1) is 15.4. The second kappa shape index (κ2) is 16.1. The van der Waals surface area contributed by atoms with Gasteiger partial charge in [0.25, 0.3) is 0 Å². The maximum atomic E-state index is 12.1. The largest absolute Gasteiger partial charge is 2.00 e. The van der Waals surface area contributed by atoms with Gasteiger partial charge in [0.1, 0.15) is 24.4 Å². The Labute approximate surface area is 205 Å². The van der Waals surface area contributed by atoms with E-state index in [9.17, 15) is 20.1 Å². The number of aryl methyl sites for hydroxylation is 1. The second-order valence-corrected chi connectivity index (χ2v) is 7.94. The number of carbonyl (C=O) groups is 1. The van der Waals surface area contributed by atoms with Gasteiger partial charge in [-0.05, 0) is 12.8 Å². The number of amides is 1. The zero-order chi connectivity index (χ0) is 23.3. The van der Waals surface area contributed by atoms with Gasteiger partial charge in [-0.1, -0.05) is 13.3 Å². The minimum Gasteiger partial charge on any atom is -0.394 e. The Balaban J connectivity index is 0.000000799. The predicted molar refractivity (Wildman–Crippen MR) is 119 cm³/mol. The van der Waals surface area contributed by atoms with E-state index in [1.807, 2.05) is 42.5 Å². The molecule has 1 aliphatic heterocycles. The molecule has 2 aromatic rings. The van der Waals surface area contributed by atoms with Crippen LogP contribution in [0.15, 0.2) is 54.6 Å². The van der Waals surface area contributed by atoms with Crippen molar-refractivity contribution in [1.82, 2.24) is 5.32 Å². The standard InChI is InChI=1S/C19H30NO7.C5H5.Fe/c1-12(18(25)20-9-5-4-8-13-6-2-3-7-13)11-26-19-17(24)16(23)15(22)14(10-21)27-19;1-2-4-5-3-1;/h2-3,6-7,12,14-17,19,21-24H,4-5,8-11H2,1H3,(H,20,25);1-5H;/q2*-1;+2/t12-,14-,15-,16+,17+,19+;;/m1../s1. The van der Waals surface area contributed by atoms with Gasteiger partial charge in [-0.3, -0.25) is 4.79 Å². The van der Waals surface area contributed by atoms with E-state index in [0.717, 1.165) is 19.3 Å². The van der Waals surface area contributed by atoms with Gasteiger partial charge in [-0.2, -0.15) is 35.9 Å². The smallest absolute Gasteiger partial charge is 0.394 e. The minimum absolute atomic E-state index is 0. The first-order valence-corrected chi connectivity index (χ1v) is 11.0. The summed E-state index contributed by atoms with van der Waals surface area (Å²) in [5.41, 5.74) is 1.29. The van der Waals surface area contributed by atoms with Crippen LogP contribution in [0.5, 0.6) is 0 Å². The third kappa shape index (κ3) is 10.1. The first kappa shape index (κ1) is 29.5. The average molecular weight is 505 g/mol.